The molecule has 5 nitrogen and oxygen atoms in total. The fraction of sp³-hybridized carbons (Fsp3) is 0.214. The Kier molecular flexibility index (Phi) is 5.03. The van der Waals surface area contributed by atoms with Gasteiger partial charge >= 0.3 is 0 Å². The molecule has 0 bridgehead atoms. The molecule has 7 heteroatoms. The predicted octanol–water partition coefficient (Wildman–Crippen LogP) is 2.20. The lowest BCUT2D eigenvalue weighted by atomic mass is 10.2. The normalized spacial score (nSPS) is 10.7. The number of nitrogens with zero attached hydrogens (tertiary/aromatic N) is 2. The first kappa shape index (κ1) is 15.6. The van der Waals surface area contributed by atoms with Crippen molar-refractivity contribution in [2.45, 2.75) is 18.1 Å². The molecule has 1 aromatic carbocycles. The van der Waals surface area contributed by atoms with Gasteiger partial charge in [-0.05, 0) is 18.2 Å². The van der Waals surface area contributed by atoms with Gasteiger partial charge in [0.25, 0.3) is 5.56 Å². The van der Waals surface area contributed by atoms with E-state index in [9.17, 15) is 9.59 Å². The average molecular weight is 324 g/mol. The number of thioether (sulfide) groups is 1. The zero-order valence-corrected chi connectivity index (χ0v) is 12.8. The molecule has 2 N–H and O–H groups in total. The lowest BCUT2D eigenvalue weighted by molar-refractivity contribution is -0.117. The first-order chi connectivity index (χ1) is 10.0. The summed E-state index contributed by atoms with van der Waals surface area (Å²) in [6.07, 6.45) is 1.85. The summed E-state index contributed by atoms with van der Waals surface area (Å²) in [5.41, 5.74) is 5.50. The van der Waals surface area contributed by atoms with Gasteiger partial charge in [0.1, 0.15) is 0 Å². The number of amides is 1. The van der Waals surface area contributed by atoms with E-state index in [-0.39, 0.29) is 17.9 Å². The number of hydrogen-bond acceptors (Lipinski definition) is 4. The summed E-state index contributed by atoms with van der Waals surface area (Å²) < 4.78 is 1.52. The van der Waals surface area contributed by atoms with E-state index < -0.39 is 0 Å². The maximum Gasteiger partial charge on any atom is 0.262 e. The zero-order chi connectivity index (χ0) is 15.4. The van der Waals surface area contributed by atoms with Crippen LogP contribution in [-0.4, -0.2) is 21.2 Å². The molecule has 0 atom stereocenters. The highest BCUT2D eigenvalue weighted by Crippen LogP contribution is 2.20. The van der Waals surface area contributed by atoms with Crippen LogP contribution < -0.4 is 11.3 Å². The number of hydrogen-bond donors (Lipinski definition) is 1. The minimum atomic E-state index is -0.385. The Bertz CT molecular complexity index is 758. The zero-order valence-electron chi connectivity index (χ0n) is 11.2. The van der Waals surface area contributed by atoms with Crippen molar-refractivity contribution in [3.8, 4) is 0 Å². The Morgan fingerprint density at radius 2 is 2.29 bits per heavy atom. The first-order valence-electron chi connectivity index (χ1n) is 6.25. The fourth-order valence-electron chi connectivity index (χ4n) is 1.82. The number of rotatable bonds is 6. The van der Waals surface area contributed by atoms with Crippen molar-refractivity contribution >= 4 is 40.2 Å². The van der Waals surface area contributed by atoms with Gasteiger partial charge in [0, 0.05) is 23.7 Å². The van der Waals surface area contributed by atoms with Gasteiger partial charge in [-0.3, -0.25) is 14.2 Å². The fourth-order valence-corrected chi connectivity index (χ4v) is 2.95. The van der Waals surface area contributed by atoms with Crippen LogP contribution in [0, 0.1) is 0 Å². The van der Waals surface area contributed by atoms with E-state index in [1.165, 1.54) is 16.3 Å². The molecule has 0 saturated carbocycles. The summed E-state index contributed by atoms with van der Waals surface area (Å²) in [6.45, 7) is 4.00. The first-order valence-corrected chi connectivity index (χ1v) is 7.61. The maximum absolute atomic E-state index is 12.5. The number of allylic oxidation sites excluding steroid dienone is 1. The molecule has 1 amide bonds. The Morgan fingerprint density at radius 3 is 2.95 bits per heavy atom. The van der Waals surface area contributed by atoms with Gasteiger partial charge in [0.05, 0.1) is 10.9 Å². The molecule has 2 aromatic rings. The van der Waals surface area contributed by atoms with E-state index in [1.54, 1.807) is 24.3 Å². The van der Waals surface area contributed by atoms with E-state index in [4.69, 9.17) is 17.3 Å². The van der Waals surface area contributed by atoms with Crippen molar-refractivity contribution in [1.82, 2.24) is 9.55 Å². The van der Waals surface area contributed by atoms with Gasteiger partial charge in [-0.15, -0.1) is 6.58 Å². The van der Waals surface area contributed by atoms with Crippen molar-refractivity contribution in [2.75, 3.05) is 5.75 Å². The molecule has 0 unspecified atom stereocenters. The molecular weight excluding hydrogens is 310 g/mol. The SMILES string of the molecule is C=CCn1c(SCCC(N)=O)nc2cc(Cl)ccc2c1=O. The van der Waals surface area contributed by atoms with Crippen molar-refractivity contribution in [2.24, 2.45) is 5.73 Å². The van der Waals surface area contributed by atoms with E-state index in [1.807, 2.05) is 0 Å². The van der Waals surface area contributed by atoms with E-state index in [0.717, 1.165) is 0 Å². The van der Waals surface area contributed by atoms with E-state index in [0.29, 0.717) is 33.4 Å². The Labute approximate surface area is 130 Å². The molecule has 0 aliphatic carbocycles. The van der Waals surface area contributed by atoms with Gasteiger partial charge in [-0.2, -0.15) is 0 Å². The number of nitrogens with two attached hydrogens (primary N) is 1. The van der Waals surface area contributed by atoms with Crippen LogP contribution in [-0.2, 0) is 11.3 Å². The summed E-state index contributed by atoms with van der Waals surface area (Å²) in [6, 6.07) is 4.96. The monoisotopic (exact) mass is 323 g/mol. The van der Waals surface area contributed by atoms with Crippen LogP contribution in [0.15, 0.2) is 40.8 Å². The van der Waals surface area contributed by atoms with Gasteiger partial charge in [0.2, 0.25) is 5.91 Å². The molecule has 0 fully saturated rings. The summed E-state index contributed by atoms with van der Waals surface area (Å²) in [5, 5.41) is 1.54. The molecule has 1 aromatic heterocycles. The molecular formula is C14H14ClN3O2S. The van der Waals surface area contributed by atoms with Gasteiger partial charge in [-0.25, -0.2) is 4.98 Å². The second-order valence-corrected chi connectivity index (χ2v) is 5.82. The largest absolute Gasteiger partial charge is 0.370 e. The number of halogens is 1. The topological polar surface area (TPSA) is 78.0 Å². The number of carbonyl (C=O) groups excluding carboxylic acids is 1. The third-order valence-corrected chi connectivity index (χ3v) is 3.99. The third kappa shape index (κ3) is 3.65. The third-order valence-electron chi connectivity index (χ3n) is 2.77. The van der Waals surface area contributed by atoms with Gasteiger partial charge < -0.3 is 5.73 Å². The highest BCUT2D eigenvalue weighted by molar-refractivity contribution is 7.99. The molecule has 0 radical (unpaired) electrons. The van der Waals surface area contributed by atoms with Crippen molar-refractivity contribution in [3.63, 3.8) is 0 Å². The van der Waals surface area contributed by atoms with Crippen LogP contribution in [0.25, 0.3) is 10.9 Å². The second-order valence-electron chi connectivity index (χ2n) is 4.33. The number of carbonyl (C=O) groups is 1. The lowest BCUT2D eigenvalue weighted by Gasteiger charge is -2.11. The maximum atomic E-state index is 12.5. The van der Waals surface area contributed by atoms with Gasteiger partial charge in [0.15, 0.2) is 5.16 Å². The highest BCUT2D eigenvalue weighted by atomic mass is 35.5. The van der Waals surface area contributed by atoms with Crippen molar-refractivity contribution in [3.05, 3.63) is 46.2 Å². The Balaban J connectivity index is 2.49. The minimum Gasteiger partial charge on any atom is -0.370 e. The summed E-state index contributed by atoms with van der Waals surface area (Å²) >= 11 is 7.25. The van der Waals surface area contributed by atoms with Crippen LogP contribution >= 0.6 is 23.4 Å². The molecule has 0 aliphatic rings. The quantitative estimate of drug-likeness (QED) is 0.502. The average Bonchev–Trinajstić information content (AvgIpc) is 2.42. The lowest BCUT2D eigenvalue weighted by Crippen LogP contribution is -2.23. The molecule has 0 saturated heterocycles. The number of benzene rings is 1. The molecule has 2 rings (SSSR count). The van der Waals surface area contributed by atoms with Crippen LogP contribution in [0.1, 0.15) is 6.42 Å². The Morgan fingerprint density at radius 1 is 1.52 bits per heavy atom. The Hall–Kier alpha value is -1.79. The standard InChI is InChI=1S/C14H14ClN3O2S/c1-2-6-18-13(20)10-4-3-9(15)8-11(10)17-14(18)21-7-5-12(16)19/h2-4,8H,1,5-7H2,(H2,16,19). The molecule has 0 spiro atoms. The van der Waals surface area contributed by atoms with E-state index >= 15 is 0 Å². The van der Waals surface area contributed by atoms with Crippen LogP contribution in [0.5, 0.6) is 0 Å². The molecule has 1 heterocycles. The van der Waals surface area contributed by atoms with Gasteiger partial charge in [-0.1, -0.05) is 29.4 Å². The molecule has 0 aliphatic heterocycles. The van der Waals surface area contributed by atoms with Crippen LogP contribution in [0.4, 0.5) is 0 Å². The second kappa shape index (κ2) is 6.78. The van der Waals surface area contributed by atoms with Crippen molar-refractivity contribution < 1.29 is 4.79 Å². The summed E-state index contributed by atoms with van der Waals surface area (Å²) in [5.74, 6) is 0.0781. The highest BCUT2D eigenvalue weighted by Gasteiger charge is 2.11. The number of fused-ring (bicyclic) bond motifs is 1. The molecule has 21 heavy (non-hydrogen) atoms. The van der Waals surface area contributed by atoms with Crippen molar-refractivity contribution in [1.29, 1.82) is 0 Å². The predicted molar refractivity (Wildman–Crippen MR) is 85.7 cm³/mol. The van der Waals surface area contributed by atoms with E-state index in [2.05, 4.69) is 11.6 Å². The van der Waals surface area contributed by atoms with Crippen LogP contribution in [0.2, 0.25) is 5.02 Å². The van der Waals surface area contributed by atoms with Crippen LogP contribution in [0.3, 0.4) is 0 Å². The summed E-state index contributed by atoms with van der Waals surface area (Å²) in [4.78, 5) is 27.7. The summed E-state index contributed by atoms with van der Waals surface area (Å²) in [7, 11) is 0. The minimum absolute atomic E-state index is 0.154. The smallest absolute Gasteiger partial charge is 0.262 e. The molecule has 110 valence electrons. The number of primary amides is 1. The number of aromatic nitrogens is 2.